The lowest BCUT2D eigenvalue weighted by molar-refractivity contribution is -0.120. The molecule has 0 bridgehead atoms. The fraction of sp³-hybridized carbons (Fsp3) is 0.308. The Morgan fingerprint density at radius 2 is 1.77 bits per heavy atom. The lowest BCUT2D eigenvalue weighted by atomic mass is 9.74. The molecule has 0 saturated heterocycles. The number of rotatable bonds is 7. The Morgan fingerprint density at radius 3 is 2.40 bits per heavy atom. The number of amides is 1. The summed E-state index contributed by atoms with van der Waals surface area (Å²) in [5.74, 6) is -1.02. The number of carboxylic acids is 1. The van der Waals surface area contributed by atoms with E-state index in [1.807, 2.05) is 18.2 Å². The van der Waals surface area contributed by atoms with E-state index in [0.717, 1.165) is 19.3 Å². The Hall–Kier alpha value is -3.14. The molecule has 0 aliphatic heterocycles. The Kier molecular flexibility index (Phi) is 7.23. The second-order valence-electron chi connectivity index (χ2n) is 8.12. The van der Waals surface area contributed by atoms with E-state index in [4.69, 9.17) is 5.11 Å². The van der Waals surface area contributed by atoms with Gasteiger partial charge in [0.05, 0.1) is 5.56 Å². The van der Waals surface area contributed by atoms with Crippen LogP contribution in [0.15, 0.2) is 77.9 Å². The molecular formula is C26H29NO3. The van der Waals surface area contributed by atoms with Crippen molar-refractivity contribution in [1.29, 1.82) is 0 Å². The molecule has 3 rings (SSSR count). The Labute approximate surface area is 178 Å². The van der Waals surface area contributed by atoms with Gasteiger partial charge in [0.25, 0.3) is 0 Å². The smallest absolute Gasteiger partial charge is 0.335 e. The molecule has 156 valence electrons. The highest BCUT2D eigenvalue weighted by molar-refractivity contribution is 5.94. The molecule has 2 aromatic rings. The second-order valence-corrected chi connectivity index (χ2v) is 8.12. The van der Waals surface area contributed by atoms with Crippen LogP contribution in [0.5, 0.6) is 0 Å². The van der Waals surface area contributed by atoms with Crippen LogP contribution in [0.3, 0.4) is 0 Å². The third-order valence-electron chi connectivity index (χ3n) is 5.61. The molecule has 0 heterocycles. The van der Waals surface area contributed by atoms with Gasteiger partial charge in [-0.05, 0) is 75.3 Å². The summed E-state index contributed by atoms with van der Waals surface area (Å²) >= 11 is 0. The highest BCUT2D eigenvalue weighted by atomic mass is 16.4. The molecule has 0 radical (unpaired) electrons. The minimum atomic E-state index is -0.977. The number of carboxylic acid groups (broad SMARTS) is 1. The molecule has 0 fully saturated rings. The van der Waals surface area contributed by atoms with Gasteiger partial charge >= 0.3 is 5.97 Å². The van der Waals surface area contributed by atoms with Crippen LogP contribution in [0.2, 0.25) is 0 Å². The summed E-state index contributed by atoms with van der Waals surface area (Å²) in [7, 11) is 0. The van der Waals surface area contributed by atoms with Gasteiger partial charge in [-0.2, -0.15) is 0 Å². The molecule has 2 aromatic carbocycles. The van der Waals surface area contributed by atoms with Gasteiger partial charge in [-0.1, -0.05) is 53.6 Å². The van der Waals surface area contributed by atoms with E-state index in [9.17, 15) is 9.59 Å². The summed E-state index contributed by atoms with van der Waals surface area (Å²) < 4.78 is 0. The minimum Gasteiger partial charge on any atom is -0.478 e. The van der Waals surface area contributed by atoms with Gasteiger partial charge in [0, 0.05) is 11.6 Å². The zero-order valence-corrected chi connectivity index (χ0v) is 17.6. The maximum absolute atomic E-state index is 13.1. The van der Waals surface area contributed by atoms with Gasteiger partial charge < -0.3 is 10.4 Å². The number of carbonyl (C=O) groups is 2. The lowest BCUT2D eigenvalue weighted by Gasteiger charge is -2.31. The molecule has 1 amide bonds. The maximum atomic E-state index is 13.1. The summed E-state index contributed by atoms with van der Waals surface area (Å²) in [6, 6.07) is 16.6. The van der Waals surface area contributed by atoms with Gasteiger partial charge in [-0.15, -0.1) is 0 Å². The number of aromatic carboxylic acids is 1. The number of hydrogen-bond acceptors (Lipinski definition) is 2. The third kappa shape index (κ3) is 5.69. The van der Waals surface area contributed by atoms with Gasteiger partial charge in [0.2, 0.25) is 5.91 Å². The quantitative estimate of drug-likeness (QED) is 0.542. The molecule has 30 heavy (non-hydrogen) atoms. The second kappa shape index (κ2) is 10.1. The molecule has 1 aliphatic rings. The Balaban J connectivity index is 1.76. The van der Waals surface area contributed by atoms with Crippen molar-refractivity contribution in [2.24, 2.45) is 5.92 Å². The SMILES string of the molecule is CC(C)=CCCC1=CC[C@@H](C(=O)Nc2ccc(C(=O)O)cc2)[C@H](c2ccccc2)C1. The summed E-state index contributed by atoms with van der Waals surface area (Å²) in [4.78, 5) is 24.1. The molecule has 4 nitrogen and oxygen atoms in total. The topological polar surface area (TPSA) is 66.4 Å². The first-order valence-corrected chi connectivity index (χ1v) is 10.4. The van der Waals surface area contributed by atoms with Crippen molar-refractivity contribution in [3.05, 3.63) is 89.0 Å². The van der Waals surface area contributed by atoms with E-state index in [1.165, 1.54) is 28.8 Å². The van der Waals surface area contributed by atoms with Crippen molar-refractivity contribution >= 4 is 17.6 Å². The molecule has 0 aromatic heterocycles. The number of allylic oxidation sites excluding steroid dienone is 4. The number of nitrogens with one attached hydrogen (secondary N) is 1. The van der Waals surface area contributed by atoms with Gasteiger partial charge in [0.15, 0.2) is 0 Å². The molecule has 4 heteroatoms. The zero-order valence-electron chi connectivity index (χ0n) is 17.6. The van der Waals surface area contributed by atoms with Crippen LogP contribution in [0.1, 0.15) is 61.4 Å². The van der Waals surface area contributed by atoms with E-state index in [1.54, 1.807) is 12.1 Å². The van der Waals surface area contributed by atoms with Crippen molar-refractivity contribution in [3.8, 4) is 0 Å². The molecule has 0 saturated carbocycles. The monoisotopic (exact) mass is 403 g/mol. The van der Waals surface area contributed by atoms with E-state index >= 15 is 0 Å². The Bertz CT molecular complexity index is 938. The average molecular weight is 404 g/mol. The third-order valence-corrected chi connectivity index (χ3v) is 5.61. The van der Waals surface area contributed by atoms with Crippen LogP contribution < -0.4 is 5.32 Å². The van der Waals surface area contributed by atoms with Crippen molar-refractivity contribution in [1.82, 2.24) is 0 Å². The van der Waals surface area contributed by atoms with Crippen molar-refractivity contribution < 1.29 is 14.7 Å². The summed E-state index contributed by atoms with van der Waals surface area (Å²) in [6.45, 7) is 4.23. The van der Waals surface area contributed by atoms with E-state index in [-0.39, 0.29) is 23.3 Å². The predicted octanol–water partition coefficient (Wildman–Crippen LogP) is 6.19. The number of hydrogen-bond donors (Lipinski definition) is 2. The van der Waals surface area contributed by atoms with Crippen LogP contribution in [0, 0.1) is 5.92 Å². The summed E-state index contributed by atoms with van der Waals surface area (Å²) in [5, 5.41) is 12.0. The summed E-state index contributed by atoms with van der Waals surface area (Å²) in [6.07, 6.45) is 8.15. The number of carbonyl (C=O) groups excluding carboxylic acids is 1. The van der Waals surface area contributed by atoms with Crippen LogP contribution >= 0.6 is 0 Å². The molecule has 0 spiro atoms. The molecular weight excluding hydrogens is 374 g/mol. The van der Waals surface area contributed by atoms with Crippen molar-refractivity contribution in [2.45, 2.75) is 45.4 Å². The number of benzene rings is 2. The van der Waals surface area contributed by atoms with E-state index in [0.29, 0.717) is 12.1 Å². The highest BCUT2D eigenvalue weighted by Crippen LogP contribution is 2.39. The molecule has 2 N–H and O–H groups in total. The first-order chi connectivity index (χ1) is 14.4. The van der Waals surface area contributed by atoms with Gasteiger partial charge in [0.1, 0.15) is 0 Å². The molecule has 2 atom stereocenters. The highest BCUT2D eigenvalue weighted by Gasteiger charge is 2.32. The summed E-state index contributed by atoms with van der Waals surface area (Å²) in [5.41, 5.74) is 4.76. The van der Waals surface area contributed by atoms with Gasteiger partial charge in [-0.3, -0.25) is 4.79 Å². The molecule has 0 unspecified atom stereocenters. The first kappa shape index (κ1) is 21.6. The maximum Gasteiger partial charge on any atom is 0.335 e. The zero-order chi connectivity index (χ0) is 21.5. The van der Waals surface area contributed by atoms with Gasteiger partial charge in [-0.25, -0.2) is 4.79 Å². The first-order valence-electron chi connectivity index (χ1n) is 10.4. The van der Waals surface area contributed by atoms with Crippen molar-refractivity contribution in [3.63, 3.8) is 0 Å². The minimum absolute atomic E-state index is 0.0217. The van der Waals surface area contributed by atoms with Crippen molar-refractivity contribution in [2.75, 3.05) is 5.32 Å². The predicted molar refractivity (Wildman–Crippen MR) is 121 cm³/mol. The lowest BCUT2D eigenvalue weighted by Crippen LogP contribution is -2.30. The van der Waals surface area contributed by atoms with E-state index in [2.05, 4.69) is 43.4 Å². The van der Waals surface area contributed by atoms with Crippen LogP contribution in [-0.4, -0.2) is 17.0 Å². The number of anilines is 1. The van der Waals surface area contributed by atoms with Crippen LogP contribution in [0.25, 0.3) is 0 Å². The average Bonchev–Trinajstić information content (AvgIpc) is 2.74. The largest absolute Gasteiger partial charge is 0.478 e. The standard InChI is InChI=1S/C26H29NO3/c1-18(2)7-6-8-19-11-16-23(24(17-19)20-9-4-3-5-10-20)25(28)27-22-14-12-21(13-15-22)26(29)30/h3-5,7,9-15,23-24H,6,8,16-17H2,1-2H3,(H,27,28)(H,29,30)/t23-,24+/m1/s1. The van der Waals surface area contributed by atoms with E-state index < -0.39 is 5.97 Å². The fourth-order valence-electron chi connectivity index (χ4n) is 3.99. The fourth-order valence-corrected chi connectivity index (χ4v) is 3.99. The van der Waals surface area contributed by atoms with Crippen LogP contribution in [-0.2, 0) is 4.79 Å². The molecule has 1 aliphatic carbocycles. The van der Waals surface area contributed by atoms with Crippen LogP contribution in [0.4, 0.5) is 5.69 Å². The Morgan fingerprint density at radius 1 is 1.07 bits per heavy atom. The normalized spacial score (nSPS) is 18.3.